The van der Waals surface area contributed by atoms with Crippen molar-refractivity contribution in [2.24, 2.45) is 0 Å². The molecule has 0 atom stereocenters. The molecule has 0 amide bonds. The van der Waals surface area contributed by atoms with Crippen molar-refractivity contribution in [2.45, 2.75) is 17.4 Å². The van der Waals surface area contributed by atoms with Gasteiger partial charge in [0.2, 0.25) is 0 Å². The molecule has 2 saturated carbocycles. The molecule has 2 aliphatic rings. The second-order valence-corrected chi connectivity index (χ2v) is 7.12. The summed E-state index contributed by atoms with van der Waals surface area (Å²) in [5.41, 5.74) is 0. The molecule has 0 saturated heterocycles. The standard InChI is InChI=1S/2C5H5.4CH3.Al.Ho/c2*1-2-4-5-3-1;;;;;;/h2*1-5H;4*1H3;;/q;;;;;-1;;. The van der Waals surface area contributed by atoms with Crippen LogP contribution in [0, 0.1) is 109 Å². The minimum absolute atomic E-state index is 0. The molecule has 2 aliphatic carbocycles. The number of hydrogen-bond acceptors (Lipinski definition) is 0. The summed E-state index contributed by atoms with van der Waals surface area (Å²) in [6.45, 7) is 0. The second kappa shape index (κ2) is 19.1. The quantitative estimate of drug-likeness (QED) is 0.441. The van der Waals surface area contributed by atoms with E-state index in [0.29, 0.717) is 0 Å². The maximum Gasteiger partial charge on any atom is 0.251 e. The van der Waals surface area contributed by atoms with Gasteiger partial charge in [0.1, 0.15) is 0 Å². The van der Waals surface area contributed by atoms with Gasteiger partial charge >= 0.3 is 0 Å². The van der Waals surface area contributed by atoms with E-state index in [1.165, 1.54) is 0 Å². The molecule has 16 heavy (non-hydrogen) atoms. The van der Waals surface area contributed by atoms with Gasteiger partial charge in [-0.3, -0.25) is 0 Å². The molecule has 0 N–H and O–H groups in total. The zero-order chi connectivity index (χ0) is 10.6. The fourth-order valence-corrected chi connectivity index (χ4v) is 0.642. The zero-order valence-electron chi connectivity index (χ0n) is 10.7. The molecule has 0 heterocycles. The zero-order valence-corrected chi connectivity index (χ0v) is 13.7. The summed E-state index contributed by atoms with van der Waals surface area (Å²) in [5, 5.41) is 0. The maximum absolute atomic E-state index is 2.31. The van der Waals surface area contributed by atoms with Crippen LogP contribution in [0.2, 0.25) is 17.4 Å². The van der Waals surface area contributed by atoms with Gasteiger partial charge in [-0.25, -0.2) is 0 Å². The molecular weight excluding hydrogens is 360 g/mol. The van der Waals surface area contributed by atoms with Crippen LogP contribution in [0.3, 0.4) is 0 Å². The van der Waals surface area contributed by atoms with Gasteiger partial charge in [0.15, 0.2) is 0 Å². The van der Waals surface area contributed by atoms with Crippen molar-refractivity contribution in [2.75, 3.05) is 0 Å². The molecule has 2 heteroatoms. The Labute approximate surface area is 139 Å². The van der Waals surface area contributed by atoms with Crippen LogP contribution in [0.4, 0.5) is 0 Å². The van der Waals surface area contributed by atoms with Gasteiger partial charge in [0.05, 0.1) is 0 Å². The minimum Gasteiger partial charge on any atom is -0.358 e. The van der Waals surface area contributed by atoms with Crippen molar-refractivity contribution < 1.29 is 37.7 Å². The van der Waals surface area contributed by atoms with Crippen molar-refractivity contribution >= 4 is 14.1 Å². The topological polar surface area (TPSA) is 0 Å². The van der Waals surface area contributed by atoms with E-state index < -0.39 is 0 Å². The molecule has 0 bridgehead atoms. The summed E-state index contributed by atoms with van der Waals surface area (Å²) in [7, 11) is 0. The maximum atomic E-state index is 2.31. The van der Waals surface area contributed by atoms with Gasteiger partial charge < -0.3 is 7.43 Å². The Bertz CT molecular complexity index is 68.9. The van der Waals surface area contributed by atoms with Crippen LogP contribution >= 0.6 is 0 Å². The largest absolute Gasteiger partial charge is 0.358 e. The van der Waals surface area contributed by atoms with Crippen LogP contribution < -0.4 is 0 Å². The first-order valence-corrected chi connectivity index (χ1v) is 8.53. The average molecular weight is 382 g/mol. The first-order chi connectivity index (χ1) is 6.73. The molecule has 93 valence electrons. The van der Waals surface area contributed by atoms with E-state index in [2.05, 4.69) is 17.4 Å². The van der Waals surface area contributed by atoms with Gasteiger partial charge in [0, 0.05) is 37.7 Å². The number of rotatable bonds is 0. The van der Waals surface area contributed by atoms with Crippen LogP contribution in [0.15, 0.2) is 0 Å². The Kier molecular flexibility index (Phi) is 27.4. The second-order valence-electron chi connectivity index (χ2n) is 3.66. The molecule has 0 spiro atoms. The van der Waals surface area contributed by atoms with Crippen molar-refractivity contribution in [3.8, 4) is 0 Å². The summed E-state index contributed by atoms with van der Waals surface area (Å²) in [6, 6.07) is 0. The van der Waals surface area contributed by atoms with Crippen LogP contribution in [0.1, 0.15) is 0 Å². The molecule has 0 aliphatic heterocycles. The van der Waals surface area contributed by atoms with E-state index in [9.17, 15) is 0 Å². The van der Waals surface area contributed by atoms with E-state index >= 15 is 0 Å². The van der Waals surface area contributed by atoms with Gasteiger partial charge in [-0.05, 0) is 64.2 Å². The molecule has 2 fully saturated rings. The summed E-state index contributed by atoms with van der Waals surface area (Å²) < 4.78 is 0. The van der Waals surface area contributed by atoms with Crippen molar-refractivity contribution in [3.63, 3.8) is 0 Å². The van der Waals surface area contributed by atoms with E-state index in [-0.39, 0.29) is 59.3 Å². The van der Waals surface area contributed by atoms with Crippen LogP contribution in [-0.4, -0.2) is 14.1 Å². The van der Waals surface area contributed by atoms with E-state index in [1.54, 1.807) is 0 Å². The fourth-order valence-electron chi connectivity index (χ4n) is 0.642. The first kappa shape index (κ1) is 22.9. The van der Waals surface area contributed by atoms with Crippen molar-refractivity contribution in [3.05, 3.63) is 71.6 Å². The van der Waals surface area contributed by atoms with Gasteiger partial charge in [-0.1, -0.05) is 0 Å². The molecule has 2 rings (SSSR count). The molecule has 0 aromatic heterocycles. The SMILES string of the molecule is [CH3-].[CH3][Al]([CH3])[CH3].[CH]1[CH][CH][CH][CH]1.[CH]1[CH][CH][CH][CH]1.[Ho]. The van der Waals surface area contributed by atoms with E-state index in [0.717, 1.165) is 0 Å². The van der Waals surface area contributed by atoms with Crippen molar-refractivity contribution in [1.29, 1.82) is 0 Å². The fraction of sp³-hybridized carbons (Fsp3) is 0.214. The van der Waals surface area contributed by atoms with Crippen LogP contribution in [-0.2, 0) is 0 Å². The third-order valence-electron chi connectivity index (χ3n) is 1.11. The summed E-state index contributed by atoms with van der Waals surface area (Å²) in [5.74, 6) is 6.92. The van der Waals surface area contributed by atoms with Gasteiger partial charge in [0.25, 0.3) is 14.1 Å². The summed E-state index contributed by atoms with van der Waals surface area (Å²) in [4.78, 5) is 0. The Morgan fingerprint density at radius 1 is 0.500 bits per heavy atom. The molecule has 0 aromatic rings. The molecule has 0 unspecified atom stereocenters. The predicted octanol–water partition coefficient (Wildman–Crippen LogP) is 3.86. The Morgan fingerprint density at radius 3 is 0.625 bits per heavy atom. The summed E-state index contributed by atoms with van der Waals surface area (Å²) in [6.07, 6.45) is 20.0. The van der Waals surface area contributed by atoms with E-state index in [4.69, 9.17) is 0 Å². The Morgan fingerprint density at radius 2 is 0.562 bits per heavy atom. The van der Waals surface area contributed by atoms with E-state index in [1.807, 2.05) is 64.2 Å². The Balaban J connectivity index is -0.000000151. The molecule has 0 aromatic carbocycles. The van der Waals surface area contributed by atoms with Gasteiger partial charge in [-0.2, -0.15) is 0 Å². The third-order valence-corrected chi connectivity index (χ3v) is 1.11. The molecular formula is C14H22AlHo-. The average Bonchev–Trinajstić information content (AvgIpc) is 2.83. The van der Waals surface area contributed by atoms with Crippen LogP contribution in [0.25, 0.3) is 0 Å². The summed E-state index contributed by atoms with van der Waals surface area (Å²) >= 11 is -0.139. The normalized spacial score (nSPS) is 16.7. The van der Waals surface area contributed by atoms with Gasteiger partial charge in [-0.15, -0.1) is 17.4 Å². The Hall–Kier alpha value is 1.79. The number of hydrogen-bond donors (Lipinski definition) is 0. The first-order valence-electron chi connectivity index (χ1n) is 5.07. The molecule has 0 nitrogen and oxygen atoms in total. The van der Waals surface area contributed by atoms with Crippen LogP contribution in [0.5, 0.6) is 0 Å². The smallest absolute Gasteiger partial charge is 0.251 e. The third kappa shape index (κ3) is 24.8. The van der Waals surface area contributed by atoms with Crippen molar-refractivity contribution in [1.82, 2.24) is 0 Å². The predicted molar refractivity (Wildman–Crippen MR) is 72.8 cm³/mol. The minimum atomic E-state index is -0.139. The monoisotopic (exact) mass is 382 g/mol. The molecule has 11 radical (unpaired) electrons.